The zero-order valence-electron chi connectivity index (χ0n) is 27.9. The van der Waals surface area contributed by atoms with Crippen LogP contribution in [0.1, 0.15) is 0 Å². The molecule has 1 aliphatic heterocycles. The minimum Gasteiger partial charge on any atom is -0.309 e. The van der Waals surface area contributed by atoms with Gasteiger partial charge in [0.25, 0.3) is 0 Å². The van der Waals surface area contributed by atoms with Crippen molar-refractivity contribution in [1.82, 2.24) is 15.0 Å². The van der Waals surface area contributed by atoms with Crippen LogP contribution in [0.3, 0.4) is 0 Å². The van der Waals surface area contributed by atoms with Crippen LogP contribution in [0.25, 0.3) is 87.0 Å². The number of benzene rings is 8. The zero-order valence-corrected chi connectivity index (χ0v) is 28.7. The summed E-state index contributed by atoms with van der Waals surface area (Å²) in [6.45, 7) is 0. The summed E-state index contributed by atoms with van der Waals surface area (Å²) >= 11 is 1.81. The van der Waals surface area contributed by atoms with Crippen LogP contribution in [0.5, 0.6) is 0 Å². The molecule has 2 aromatic heterocycles. The van der Waals surface area contributed by atoms with Crippen molar-refractivity contribution >= 4 is 70.1 Å². The highest BCUT2D eigenvalue weighted by Gasteiger charge is 2.27. The van der Waals surface area contributed by atoms with Crippen LogP contribution in [0.2, 0.25) is 0 Å². The van der Waals surface area contributed by atoms with Crippen molar-refractivity contribution < 1.29 is 0 Å². The molecule has 52 heavy (non-hydrogen) atoms. The summed E-state index contributed by atoms with van der Waals surface area (Å²) in [7, 11) is 0. The molecule has 0 aliphatic carbocycles. The minimum atomic E-state index is 0.647. The lowest BCUT2D eigenvalue weighted by atomic mass is 9.90. The van der Waals surface area contributed by atoms with Gasteiger partial charge in [-0.2, -0.15) is 0 Å². The Hall–Kier alpha value is -6.69. The Morgan fingerprint density at radius 2 is 0.981 bits per heavy atom. The monoisotopic (exact) mass is 680 g/mol. The highest BCUT2D eigenvalue weighted by molar-refractivity contribution is 7.25. The van der Waals surface area contributed by atoms with E-state index < -0.39 is 0 Å². The summed E-state index contributed by atoms with van der Waals surface area (Å²) in [6.07, 6.45) is 0. The third-order valence-electron chi connectivity index (χ3n) is 10.2. The van der Waals surface area contributed by atoms with Gasteiger partial charge in [-0.1, -0.05) is 127 Å². The first kappa shape index (κ1) is 29.1. The molecule has 0 saturated carbocycles. The molecule has 0 unspecified atom stereocenters. The number of aromatic nitrogens is 3. The number of rotatable bonds is 4. The van der Waals surface area contributed by atoms with Crippen molar-refractivity contribution in [3.05, 3.63) is 170 Å². The maximum atomic E-state index is 5.23. The van der Waals surface area contributed by atoms with Crippen molar-refractivity contribution in [2.75, 3.05) is 4.90 Å². The Kier molecular flexibility index (Phi) is 6.39. The molecule has 3 heterocycles. The lowest BCUT2D eigenvalue weighted by Crippen LogP contribution is -2.15. The number of para-hydroxylation sites is 1. The van der Waals surface area contributed by atoms with Gasteiger partial charge in [0.2, 0.25) is 0 Å². The van der Waals surface area contributed by atoms with Gasteiger partial charge in [-0.25, -0.2) is 15.0 Å². The van der Waals surface area contributed by atoms with Gasteiger partial charge in [-0.15, -0.1) is 11.3 Å². The summed E-state index contributed by atoms with van der Waals surface area (Å²) < 4.78 is 2.53. The molecule has 4 nitrogen and oxygen atoms in total. The molecule has 1 aliphatic rings. The first-order valence-electron chi connectivity index (χ1n) is 17.5. The second-order valence-corrected chi connectivity index (χ2v) is 14.3. The molecule has 0 radical (unpaired) electrons. The highest BCUT2D eigenvalue weighted by Crippen LogP contribution is 2.52. The SMILES string of the molecule is c1ccc(-c2nc(-c3ccc4sc5ccccc5c4c3)nc(-c3cccc4c(N5c6ccccc6-c6cccc7cccc5c67)cccc34)n2)cc1. The van der Waals surface area contributed by atoms with Gasteiger partial charge in [-0.3, -0.25) is 0 Å². The van der Waals surface area contributed by atoms with Gasteiger partial charge >= 0.3 is 0 Å². The van der Waals surface area contributed by atoms with Gasteiger partial charge in [-0.05, 0) is 58.8 Å². The van der Waals surface area contributed by atoms with E-state index in [1.807, 2.05) is 29.5 Å². The molecule has 0 atom stereocenters. The molecule has 0 fully saturated rings. The van der Waals surface area contributed by atoms with E-state index in [-0.39, 0.29) is 0 Å². The van der Waals surface area contributed by atoms with E-state index in [0.717, 1.165) is 38.8 Å². The number of fused-ring (bicyclic) bond motifs is 6. The average Bonchev–Trinajstić information content (AvgIpc) is 3.59. The van der Waals surface area contributed by atoms with Crippen molar-refractivity contribution in [2.45, 2.75) is 0 Å². The van der Waals surface area contributed by atoms with Gasteiger partial charge in [0.15, 0.2) is 17.5 Å². The Labute approximate surface area is 303 Å². The molecule has 10 aromatic rings. The van der Waals surface area contributed by atoms with Crippen molar-refractivity contribution in [3.8, 4) is 45.3 Å². The van der Waals surface area contributed by atoms with Gasteiger partial charge in [0.1, 0.15) is 0 Å². The Morgan fingerprint density at radius 3 is 1.90 bits per heavy atom. The van der Waals surface area contributed by atoms with E-state index in [2.05, 4.69) is 157 Å². The summed E-state index contributed by atoms with van der Waals surface area (Å²) in [5.41, 5.74) is 8.83. The second kappa shape index (κ2) is 11.4. The second-order valence-electron chi connectivity index (χ2n) is 13.2. The molecule has 0 N–H and O–H groups in total. The maximum absolute atomic E-state index is 5.23. The quantitative estimate of drug-likeness (QED) is 0.186. The fourth-order valence-corrected chi connectivity index (χ4v) is 8.99. The largest absolute Gasteiger partial charge is 0.309 e. The topological polar surface area (TPSA) is 41.9 Å². The summed E-state index contributed by atoms with van der Waals surface area (Å²) in [6, 6.07) is 60.3. The molecule has 11 rings (SSSR count). The van der Waals surface area contributed by atoms with Gasteiger partial charge in [0, 0.05) is 53.2 Å². The fourth-order valence-electron chi connectivity index (χ4n) is 7.91. The van der Waals surface area contributed by atoms with Crippen LogP contribution in [0.4, 0.5) is 17.1 Å². The standard InChI is InChI=1S/C47H28N4S/c1-2-12-30(13-3-1)45-48-46(31-26-27-43-38(28-31)35-17-5-7-25-42(35)52-43)50-47(49-45)37-21-10-19-33-32(37)18-11-23-40(33)51-39-22-6-4-16-34(39)36-20-8-14-29-15-9-24-41(51)44(29)36/h1-28H. The molecular weight excluding hydrogens is 653 g/mol. The van der Waals surface area contributed by atoms with E-state index in [9.17, 15) is 0 Å². The van der Waals surface area contributed by atoms with Crippen LogP contribution < -0.4 is 4.90 Å². The van der Waals surface area contributed by atoms with Crippen molar-refractivity contribution in [3.63, 3.8) is 0 Å². The molecule has 0 spiro atoms. The molecule has 0 bridgehead atoms. The molecular formula is C47H28N4S. The predicted octanol–water partition coefficient (Wildman–Crippen LogP) is 13.0. The van der Waals surface area contributed by atoms with E-state index in [1.54, 1.807) is 0 Å². The van der Waals surface area contributed by atoms with Gasteiger partial charge in [0.05, 0.1) is 17.1 Å². The van der Waals surface area contributed by atoms with Crippen LogP contribution in [0, 0.1) is 0 Å². The fraction of sp³-hybridized carbons (Fsp3) is 0. The molecule has 242 valence electrons. The van der Waals surface area contributed by atoms with E-state index >= 15 is 0 Å². The lowest BCUT2D eigenvalue weighted by Gasteiger charge is -2.34. The van der Waals surface area contributed by atoms with E-state index in [0.29, 0.717) is 17.5 Å². The number of hydrogen-bond acceptors (Lipinski definition) is 5. The first-order chi connectivity index (χ1) is 25.8. The first-order valence-corrected chi connectivity index (χ1v) is 18.3. The van der Waals surface area contributed by atoms with Crippen LogP contribution in [-0.2, 0) is 0 Å². The smallest absolute Gasteiger partial charge is 0.164 e. The van der Waals surface area contributed by atoms with Gasteiger partial charge < -0.3 is 4.90 Å². The van der Waals surface area contributed by atoms with Crippen molar-refractivity contribution in [1.29, 1.82) is 0 Å². The summed E-state index contributed by atoms with van der Waals surface area (Å²) in [5.74, 6) is 1.95. The van der Waals surface area contributed by atoms with Crippen molar-refractivity contribution in [2.24, 2.45) is 0 Å². The molecule has 0 saturated heterocycles. The third-order valence-corrected chi connectivity index (χ3v) is 11.4. The van der Waals surface area contributed by atoms with Crippen LogP contribution in [-0.4, -0.2) is 15.0 Å². The maximum Gasteiger partial charge on any atom is 0.164 e. The lowest BCUT2D eigenvalue weighted by molar-refractivity contribution is 1.08. The molecule has 5 heteroatoms. The average molecular weight is 681 g/mol. The van der Waals surface area contributed by atoms with E-state index in [1.165, 1.54) is 47.8 Å². The minimum absolute atomic E-state index is 0.647. The Balaban J connectivity index is 1.13. The Morgan fingerprint density at radius 1 is 0.365 bits per heavy atom. The molecule has 8 aromatic carbocycles. The summed E-state index contributed by atoms with van der Waals surface area (Å²) in [4.78, 5) is 17.9. The molecule has 0 amide bonds. The normalized spacial score (nSPS) is 12.2. The number of anilines is 3. The Bertz CT molecular complexity index is 3030. The predicted molar refractivity (Wildman–Crippen MR) is 218 cm³/mol. The van der Waals surface area contributed by atoms with Crippen LogP contribution >= 0.6 is 11.3 Å². The van der Waals surface area contributed by atoms with Crippen LogP contribution in [0.15, 0.2) is 170 Å². The number of nitrogens with zero attached hydrogens (tertiary/aromatic N) is 4. The highest BCUT2D eigenvalue weighted by atomic mass is 32.1. The number of thiophene rings is 1. The number of hydrogen-bond donors (Lipinski definition) is 0. The third kappa shape index (κ3) is 4.43. The zero-order chi connectivity index (χ0) is 34.2. The summed E-state index contributed by atoms with van der Waals surface area (Å²) in [5, 5.41) is 7.17. The van der Waals surface area contributed by atoms with E-state index in [4.69, 9.17) is 15.0 Å².